The molecule has 0 aromatic rings. The molecule has 0 N–H and O–H groups in total. The van der Waals surface area contributed by atoms with Crippen molar-refractivity contribution in [3.63, 3.8) is 0 Å². The largest absolute Gasteiger partial charge is 0.350 e. The maximum atomic E-state index is 5.61. The highest BCUT2D eigenvalue weighted by molar-refractivity contribution is 4.85. The van der Waals surface area contributed by atoms with Crippen molar-refractivity contribution in [2.24, 2.45) is 11.3 Å². The summed E-state index contributed by atoms with van der Waals surface area (Å²) in [5.41, 5.74) is 0.410. The predicted octanol–water partition coefficient (Wildman–Crippen LogP) is 2.58. The van der Waals surface area contributed by atoms with E-state index in [4.69, 9.17) is 9.47 Å². The number of hydrogen-bond donors (Lipinski definition) is 0. The molecule has 2 aliphatic rings. The summed E-state index contributed by atoms with van der Waals surface area (Å²) in [5, 5.41) is 0. The van der Waals surface area contributed by atoms with Gasteiger partial charge in [-0.25, -0.2) is 0 Å². The summed E-state index contributed by atoms with van der Waals surface area (Å²) in [4.78, 5) is 0. The van der Waals surface area contributed by atoms with Crippen molar-refractivity contribution in [2.45, 2.75) is 45.8 Å². The summed E-state index contributed by atoms with van der Waals surface area (Å²) >= 11 is 0. The van der Waals surface area contributed by atoms with Gasteiger partial charge in [-0.05, 0) is 18.3 Å². The minimum absolute atomic E-state index is 0.0929. The molecule has 1 aliphatic heterocycles. The van der Waals surface area contributed by atoms with Crippen LogP contribution in [-0.2, 0) is 9.47 Å². The first-order chi connectivity index (χ1) is 6.20. The van der Waals surface area contributed by atoms with Gasteiger partial charge in [-0.3, -0.25) is 0 Å². The van der Waals surface area contributed by atoms with Crippen molar-refractivity contribution in [1.82, 2.24) is 0 Å². The van der Waals surface area contributed by atoms with Crippen molar-refractivity contribution < 1.29 is 9.47 Å². The van der Waals surface area contributed by atoms with Gasteiger partial charge in [0.2, 0.25) is 0 Å². The van der Waals surface area contributed by atoms with Crippen LogP contribution in [0.5, 0.6) is 0 Å². The van der Waals surface area contributed by atoms with E-state index in [-0.39, 0.29) is 6.29 Å². The highest BCUT2D eigenvalue weighted by atomic mass is 16.7. The lowest BCUT2D eigenvalue weighted by Gasteiger charge is -2.40. The normalized spacial score (nSPS) is 35.1. The van der Waals surface area contributed by atoms with Crippen LogP contribution >= 0.6 is 0 Å². The van der Waals surface area contributed by atoms with E-state index in [2.05, 4.69) is 13.8 Å². The Morgan fingerprint density at radius 3 is 2.38 bits per heavy atom. The fourth-order valence-electron chi connectivity index (χ4n) is 2.63. The van der Waals surface area contributed by atoms with Crippen molar-refractivity contribution in [3.05, 3.63) is 0 Å². The summed E-state index contributed by atoms with van der Waals surface area (Å²) < 4.78 is 11.2. The van der Waals surface area contributed by atoms with Gasteiger partial charge in [0.1, 0.15) is 0 Å². The maximum absolute atomic E-state index is 5.61. The minimum Gasteiger partial charge on any atom is -0.350 e. The van der Waals surface area contributed by atoms with Gasteiger partial charge in [0.15, 0.2) is 6.29 Å². The summed E-state index contributed by atoms with van der Waals surface area (Å²) in [6.45, 7) is 6.28. The maximum Gasteiger partial charge on any atom is 0.161 e. The average molecular weight is 184 g/mol. The van der Waals surface area contributed by atoms with Gasteiger partial charge < -0.3 is 9.47 Å². The van der Waals surface area contributed by atoms with Crippen molar-refractivity contribution in [2.75, 3.05) is 13.2 Å². The molecule has 0 aromatic heterocycles. The van der Waals surface area contributed by atoms with Gasteiger partial charge in [0.25, 0.3) is 0 Å². The van der Waals surface area contributed by atoms with E-state index in [1.165, 1.54) is 25.7 Å². The van der Waals surface area contributed by atoms with Gasteiger partial charge in [-0.2, -0.15) is 0 Å². The first kappa shape index (κ1) is 9.47. The molecule has 13 heavy (non-hydrogen) atoms. The number of rotatable bonds is 1. The lowest BCUT2D eigenvalue weighted by molar-refractivity contribution is -0.127. The third-order valence-corrected chi connectivity index (χ3v) is 3.57. The molecule has 76 valence electrons. The van der Waals surface area contributed by atoms with E-state index < -0.39 is 0 Å². The van der Waals surface area contributed by atoms with Gasteiger partial charge in [-0.1, -0.05) is 26.7 Å². The highest BCUT2D eigenvalue weighted by Crippen LogP contribution is 2.43. The van der Waals surface area contributed by atoms with E-state index in [9.17, 15) is 0 Å². The van der Waals surface area contributed by atoms with E-state index in [1.807, 2.05) is 0 Å². The molecule has 0 spiro atoms. The fraction of sp³-hybridized carbons (Fsp3) is 1.00. The Labute approximate surface area is 80.6 Å². The molecule has 2 rings (SSSR count). The Kier molecular flexibility index (Phi) is 2.61. The van der Waals surface area contributed by atoms with Crippen LogP contribution in [0.2, 0.25) is 0 Å². The third kappa shape index (κ3) is 1.89. The van der Waals surface area contributed by atoms with Crippen LogP contribution in [0.25, 0.3) is 0 Å². The molecule has 0 radical (unpaired) electrons. The first-order valence-electron chi connectivity index (χ1n) is 5.43. The van der Waals surface area contributed by atoms with Crippen LogP contribution < -0.4 is 0 Å². The predicted molar refractivity (Wildman–Crippen MR) is 51.4 cm³/mol. The van der Waals surface area contributed by atoms with E-state index in [1.54, 1.807) is 0 Å². The molecule has 2 nitrogen and oxygen atoms in total. The first-order valence-corrected chi connectivity index (χ1v) is 5.43. The van der Waals surface area contributed by atoms with Crippen LogP contribution in [0.1, 0.15) is 39.5 Å². The molecule has 0 bridgehead atoms. The van der Waals surface area contributed by atoms with Gasteiger partial charge in [0, 0.05) is 5.92 Å². The lowest BCUT2D eigenvalue weighted by Crippen LogP contribution is -2.37. The zero-order valence-corrected chi connectivity index (χ0v) is 8.71. The van der Waals surface area contributed by atoms with Gasteiger partial charge in [-0.15, -0.1) is 0 Å². The summed E-state index contributed by atoms with van der Waals surface area (Å²) in [6, 6.07) is 0. The zero-order valence-electron chi connectivity index (χ0n) is 8.71. The average Bonchev–Trinajstić information content (AvgIpc) is 2.55. The van der Waals surface area contributed by atoms with E-state index in [0.717, 1.165) is 13.2 Å². The Bertz CT molecular complexity index is 171. The quantitative estimate of drug-likeness (QED) is 0.623. The molecular formula is C11H20O2. The molecular weight excluding hydrogens is 164 g/mol. The van der Waals surface area contributed by atoms with Crippen LogP contribution in [0.4, 0.5) is 0 Å². The Hall–Kier alpha value is -0.0800. The van der Waals surface area contributed by atoms with Crippen LogP contribution in [0.3, 0.4) is 0 Å². The molecule has 0 amide bonds. The SMILES string of the molecule is CC1(C)CCCC[C@H]1C1OCCO1. The van der Waals surface area contributed by atoms with Crippen molar-refractivity contribution >= 4 is 0 Å². The van der Waals surface area contributed by atoms with E-state index >= 15 is 0 Å². The van der Waals surface area contributed by atoms with Crippen LogP contribution in [0.15, 0.2) is 0 Å². The number of ether oxygens (including phenoxy) is 2. The highest BCUT2D eigenvalue weighted by Gasteiger charge is 2.40. The molecule has 1 saturated carbocycles. The molecule has 1 saturated heterocycles. The van der Waals surface area contributed by atoms with Crippen molar-refractivity contribution in [3.8, 4) is 0 Å². The smallest absolute Gasteiger partial charge is 0.161 e. The molecule has 2 fully saturated rings. The van der Waals surface area contributed by atoms with Crippen LogP contribution in [0, 0.1) is 11.3 Å². The summed E-state index contributed by atoms with van der Waals surface area (Å²) in [5.74, 6) is 0.615. The Morgan fingerprint density at radius 1 is 1.08 bits per heavy atom. The van der Waals surface area contributed by atoms with Crippen molar-refractivity contribution in [1.29, 1.82) is 0 Å². The topological polar surface area (TPSA) is 18.5 Å². The number of hydrogen-bond acceptors (Lipinski definition) is 2. The van der Waals surface area contributed by atoms with Crippen LogP contribution in [-0.4, -0.2) is 19.5 Å². The second-order valence-electron chi connectivity index (χ2n) is 4.95. The monoisotopic (exact) mass is 184 g/mol. The van der Waals surface area contributed by atoms with Gasteiger partial charge in [0.05, 0.1) is 13.2 Å². The molecule has 1 aliphatic carbocycles. The van der Waals surface area contributed by atoms with E-state index in [0.29, 0.717) is 11.3 Å². The molecule has 0 aromatic carbocycles. The molecule has 1 atom stereocenters. The van der Waals surface area contributed by atoms with Gasteiger partial charge >= 0.3 is 0 Å². The third-order valence-electron chi connectivity index (χ3n) is 3.57. The Morgan fingerprint density at radius 2 is 1.77 bits per heavy atom. The molecule has 1 heterocycles. The minimum atomic E-state index is 0.0929. The lowest BCUT2D eigenvalue weighted by atomic mass is 9.68. The summed E-state index contributed by atoms with van der Waals surface area (Å²) in [6.07, 6.45) is 5.40. The zero-order chi connectivity index (χ0) is 9.31. The summed E-state index contributed by atoms with van der Waals surface area (Å²) in [7, 11) is 0. The second kappa shape index (κ2) is 3.58. The fourth-order valence-corrected chi connectivity index (χ4v) is 2.63. The Balaban J connectivity index is 2.02. The molecule has 2 heteroatoms. The second-order valence-corrected chi connectivity index (χ2v) is 4.95. The molecule has 0 unspecified atom stereocenters. The standard InChI is InChI=1S/C11H20O2/c1-11(2)6-4-3-5-9(11)10-12-7-8-13-10/h9-10H,3-8H2,1-2H3/t9-/m0/s1.